The number of fused-ring (bicyclic) bond motifs is 1. The number of aromatic amines is 4. The van der Waals surface area contributed by atoms with Gasteiger partial charge in [-0.15, -0.1) is 0 Å². The monoisotopic (exact) mass is 228 g/mol. The van der Waals surface area contributed by atoms with Crippen molar-refractivity contribution < 1.29 is 0 Å². The molecule has 0 atom stereocenters. The molecule has 72 valence electrons. The van der Waals surface area contributed by atoms with Gasteiger partial charge in [-0.1, -0.05) is 0 Å². The molecule has 8 heteroatoms. The van der Waals surface area contributed by atoms with E-state index in [1.54, 1.807) is 0 Å². The summed E-state index contributed by atoms with van der Waals surface area (Å²) < 4.78 is 0.192. The quantitative estimate of drug-likeness (QED) is 0.488. The summed E-state index contributed by atoms with van der Waals surface area (Å²) in [5.41, 5.74) is -0.762. The van der Waals surface area contributed by atoms with Crippen LogP contribution in [-0.2, 0) is 0 Å². The lowest BCUT2D eigenvalue weighted by atomic mass is 10.4. The second-order valence-electron chi connectivity index (χ2n) is 2.57. The van der Waals surface area contributed by atoms with Crippen molar-refractivity contribution in [2.45, 2.75) is 0 Å². The van der Waals surface area contributed by atoms with Crippen LogP contribution >= 0.6 is 24.4 Å². The molecule has 0 aliphatic heterocycles. The summed E-state index contributed by atoms with van der Waals surface area (Å²) in [5.74, 6) is 0. The van der Waals surface area contributed by atoms with Crippen molar-refractivity contribution in [2.75, 3.05) is 0 Å². The largest absolute Gasteiger partial charge is 0.326 e. The molecule has 0 aromatic carbocycles. The van der Waals surface area contributed by atoms with Crippen LogP contribution in [-0.4, -0.2) is 19.9 Å². The van der Waals surface area contributed by atoms with Gasteiger partial charge in [0.25, 0.3) is 11.1 Å². The van der Waals surface area contributed by atoms with Crippen LogP contribution in [0.1, 0.15) is 0 Å². The lowest BCUT2D eigenvalue weighted by Crippen LogP contribution is -2.18. The molecule has 2 heterocycles. The van der Waals surface area contributed by atoms with Crippen LogP contribution in [0.3, 0.4) is 0 Å². The molecule has 0 spiro atoms. The highest BCUT2D eigenvalue weighted by Crippen LogP contribution is 1.93. The molecule has 2 aromatic rings. The van der Waals surface area contributed by atoms with E-state index in [0.29, 0.717) is 0 Å². The molecule has 0 bridgehead atoms. The molecule has 0 saturated heterocycles. The standard InChI is InChI=1S/C6H4N4O2S2/c11-3-1-2(8-6(14)9-3)4(12)10-5(13)7-1/h(H2,7,10,12,13)(H2,8,9,11,14). The van der Waals surface area contributed by atoms with Crippen molar-refractivity contribution in [1.82, 2.24) is 19.9 Å². The summed E-state index contributed by atoms with van der Waals surface area (Å²) in [4.78, 5) is 32.5. The number of H-pyrrole nitrogens is 4. The van der Waals surface area contributed by atoms with Gasteiger partial charge < -0.3 is 9.97 Å². The number of nitrogens with one attached hydrogen (secondary N) is 4. The Morgan fingerprint density at radius 2 is 1.07 bits per heavy atom. The van der Waals surface area contributed by atoms with E-state index in [4.69, 9.17) is 24.4 Å². The highest BCUT2D eigenvalue weighted by Gasteiger charge is 2.02. The fourth-order valence-corrected chi connectivity index (χ4v) is 1.48. The first-order valence-electron chi connectivity index (χ1n) is 3.57. The van der Waals surface area contributed by atoms with E-state index in [9.17, 15) is 9.59 Å². The number of aromatic nitrogens is 4. The Hall–Kier alpha value is -1.54. The fraction of sp³-hybridized carbons (Fsp3) is 0. The van der Waals surface area contributed by atoms with Gasteiger partial charge in [-0.05, 0) is 24.4 Å². The Kier molecular flexibility index (Phi) is 1.93. The summed E-state index contributed by atoms with van der Waals surface area (Å²) in [6, 6.07) is 0. The molecule has 6 nitrogen and oxygen atoms in total. The molecule has 0 amide bonds. The van der Waals surface area contributed by atoms with Gasteiger partial charge in [0.15, 0.2) is 9.54 Å². The Balaban J connectivity index is 3.27. The predicted molar refractivity (Wildman–Crippen MR) is 55.6 cm³/mol. The average Bonchev–Trinajstić information content (AvgIpc) is 2.07. The van der Waals surface area contributed by atoms with Crippen LogP contribution in [0, 0.1) is 9.54 Å². The maximum Gasteiger partial charge on any atom is 0.276 e. The van der Waals surface area contributed by atoms with Gasteiger partial charge in [0.1, 0.15) is 11.0 Å². The van der Waals surface area contributed by atoms with Gasteiger partial charge in [0.05, 0.1) is 0 Å². The zero-order valence-corrected chi connectivity index (χ0v) is 8.27. The molecule has 14 heavy (non-hydrogen) atoms. The molecule has 0 saturated carbocycles. The molecule has 4 N–H and O–H groups in total. The third kappa shape index (κ3) is 1.34. The first-order chi connectivity index (χ1) is 6.58. The van der Waals surface area contributed by atoms with E-state index in [2.05, 4.69) is 19.9 Å². The molecule has 2 aromatic heterocycles. The summed E-state index contributed by atoms with van der Waals surface area (Å²) in [5, 5.41) is 0. The number of hydrogen-bond donors (Lipinski definition) is 4. The molecule has 0 radical (unpaired) electrons. The molecule has 0 aliphatic carbocycles. The summed E-state index contributed by atoms with van der Waals surface area (Å²) in [6.45, 7) is 0. The summed E-state index contributed by atoms with van der Waals surface area (Å²) in [6.07, 6.45) is 0. The minimum atomic E-state index is -0.471. The lowest BCUT2D eigenvalue weighted by Gasteiger charge is -1.95. The molecular formula is C6H4N4O2S2. The van der Waals surface area contributed by atoms with Gasteiger partial charge in [-0.25, -0.2) is 0 Å². The van der Waals surface area contributed by atoms with Crippen LogP contribution in [0.15, 0.2) is 9.59 Å². The van der Waals surface area contributed by atoms with Crippen LogP contribution in [0.2, 0.25) is 0 Å². The highest BCUT2D eigenvalue weighted by molar-refractivity contribution is 7.71. The van der Waals surface area contributed by atoms with Crippen molar-refractivity contribution in [2.24, 2.45) is 0 Å². The fourth-order valence-electron chi connectivity index (χ4n) is 1.09. The lowest BCUT2D eigenvalue weighted by molar-refractivity contribution is 1.06. The van der Waals surface area contributed by atoms with Crippen molar-refractivity contribution in [1.29, 1.82) is 0 Å². The minimum Gasteiger partial charge on any atom is -0.326 e. The van der Waals surface area contributed by atoms with E-state index in [0.717, 1.165) is 0 Å². The Labute approximate surface area is 86.0 Å². The van der Waals surface area contributed by atoms with E-state index in [1.165, 1.54) is 0 Å². The van der Waals surface area contributed by atoms with Crippen LogP contribution < -0.4 is 11.1 Å². The summed E-state index contributed by atoms with van der Waals surface area (Å²) in [7, 11) is 0. The first kappa shape index (κ1) is 9.03. The predicted octanol–water partition coefficient (Wildman–Crippen LogP) is 0.332. The first-order valence-corrected chi connectivity index (χ1v) is 4.38. The van der Waals surface area contributed by atoms with Crippen molar-refractivity contribution in [3.63, 3.8) is 0 Å². The van der Waals surface area contributed by atoms with Crippen molar-refractivity contribution >= 4 is 35.5 Å². The van der Waals surface area contributed by atoms with Crippen molar-refractivity contribution in [3.05, 3.63) is 30.2 Å². The van der Waals surface area contributed by atoms with Gasteiger partial charge in [0.2, 0.25) is 0 Å². The van der Waals surface area contributed by atoms with Gasteiger partial charge in [0, 0.05) is 0 Å². The van der Waals surface area contributed by atoms with E-state index in [1.807, 2.05) is 0 Å². The molecule has 0 aliphatic rings. The Bertz CT molecular complexity index is 656. The van der Waals surface area contributed by atoms with Crippen LogP contribution in [0.5, 0.6) is 0 Å². The SMILES string of the molecule is O=c1[nH]c(=S)[nH]c2c(=O)[nH]c(=S)[nH]c12. The maximum absolute atomic E-state index is 11.3. The average molecular weight is 228 g/mol. The zero-order chi connectivity index (χ0) is 10.3. The second-order valence-corrected chi connectivity index (χ2v) is 3.38. The number of hydrogen-bond acceptors (Lipinski definition) is 4. The Morgan fingerprint density at radius 3 is 1.43 bits per heavy atom. The van der Waals surface area contributed by atoms with Crippen LogP contribution in [0.25, 0.3) is 11.0 Å². The molecule has 0 fully saturated rings. The molecule has 2 rings (SSSR count). The Morgan fingerprint density at radius 1 is 0.714 bits per heavy atom. The number of rotatable bonds is 0. The molecule has 0 unspecified atom stereocenters. The third-order valence-corrected chi connectivity index (χ3v) is 2.04. The highest BCUT2D eigenvalue weighted by atomic mass is 32.1. The van der Waals surface area contributed by atoms with Gasteiger partial charge in [-0.3, -0.25) is 19.6 Å². The zero-order valence-electron chi connectivity index (χ0n) is 6.63. The van der Waals surface area contributed by atoms with Gasteiger partial charge >= 0.3 is 0 Å². The van der Waals surface area contributed by atoms with Crippen LogP contribution in [0.4, 0.5) is 0 Å². The van der Waals surface area contributed by atoms with E-state index < -0.39 is 11.1 Å². The minimum absolute atomic E-state index is 0.0901. The van der Waals surface area contributed by atoms with Crippen molar-refractivity contribution in [3.8, 4) is 0 Å². The summed E-state index contributed by atoms with van der Waals surface area (Å²) >= 11 is 9.43. The normalized spacial score (nSPS) is 10.6. The molecular weight excluding hydrogens is 224 g/mol. The van der Waals surface area contributed by atoms with E-state index >= 15 is 0 Å². The maximum atomic E-state index is 11.3. The van der Waals surface area contributed by atoms with E-state index in [-0.39, 0.29) is 20.6 Å². The van der Waals surface area contributed by atoms with Gasteiger partial charge in [-0.2, -0.15) is 0 Å². The smallest absolute Gasteiger partial charge is 0.276 e. The third-order valence-electron chi connectivity index (χ3n) is 1.64. The second kappa shape index (κ2) is 3.00. The topological polar surface area (TPSA) is 97.3 Å².